The molecule has 5 heteroatoms. The van der Waals surface area contributed by atoms with E-state index < -0.39 is 12.1 Å². The van der Waals surface area contributed by atoms with E-state index in [1.54, 1.807) is 4.90 Å². The van der Waals surface area contributed by atoms with Crippen molar-refractivity contribution in [2.45, 2.75) is 45.7 Å². The van der Waals surface area contributed by atoms with Crippen LogP contribution >= 0.6 is 0 Å². The Hall–Kier alpha value is -1.10. The fraction of sp³-hybridized carbons (Fsp3) is 0.833. The van der Waals surface area contributed by atoms with Gasteiger partial charge in [-0.3, -0.25) is 4.79 Å². The highest BCUT2D eigenvalue weighted by Crippen LogP contribution is 2.24. The van der Waals surface area contributed by atoms with Gasteiger partial charge in [-0.15, -0.1) is 0 Å². The zero-order valence-electron chi connectivity index (χ0n) is 11.0. The molecule has 0 bridgehead atoms. The summed E-state index contributed by atoms with van der Waals surface area (Å²) < 4.78 is 4.71. The molecule has 0 aliphatic carbocycles. The lowest BCUT2D eigenvalue weighted by atomic mass is 9.86. The largest absolute Gasteiger partial charge is 0.467 e. The molecular weight excluding hydrogens is 220 g/mol. The van der Waals surface area contributed by atoms with E-state index in [0.29, 0.717) is 13.0 Å². The van der Waals surface area contributed by atoms with E-state index in [0.717, 1.165) is 6.42 Å². The van der Waals surface area contributed by atoms with Crippen molar-refractivity contribution < 1.29 is 14.3 Å². The number of nitrogens with two attached hydrogens (primary N) is 1. The van der Waals surface area contributed by atoms with E-state index in [1.807, 2.05) is 20.8 Å². The highest BCUT2D eigenvalue weighted by molar-refractivity contribution is 5.88. The summed E-state index contributed by atoms with van der Waals surface area (Å²) in [5.74, 6) is -0.512. The Morgan fingerprint density at radius 2 is 2.00 bits per heavy atom. The third-order valence-electron chi connectivity index (χ3n) is 3.21. The Balaban J connectivity index is 2.78. The van der Waals surface area contributed by atoms with E-state index in [9.17, 15) is 9.59 Å². The SMILES string of the molecule is COC(=O)C1CCCN1C(=O)[C@@H](N)C(C)(C)C. The minimum absolute atomic E-state index is 0.162. The number of carbonyl (C=O) groups excluding carboxylic acids is 2. The van der Waals surface area contributed by atoms with Crippen LogP contribution in [0.4, 0.5) is 0 Å². The number of hydrogen-bond donors (Lipinski definition) is 1. The smallest absolute Gasteiger partial charge is 0.328 e. The van der Waals surface area contributed by atoms with Crippen LogP contribution in [0.15, 0.2) is 0 Å². The molecule has 0 aromatic carbocycles. The van der Waals surface area contributed by atoms with Gasteiger partial charge in [0.15, 0.2) is 0 Å². The summed E-state index contributed by atoms with van der Waals surface area (Å²) in [7, 11) is 1.34. The van der Waals surface area contributed by atoms with Crippen LogP contribution in [-0.2, 0) is 14.3 Å². The minimum atomic E-state index is -0.590. The molecule has 1 rings (SSSR count). The zero-order chi connectivity index (χ0) is 13.2. The maximum atomic E-state index is 12.2. The number of amides is 1. The second kappa shape index (κ2) is 5.04. The predicted octanol–water partition coefficient (Wildman–Crippen LogP) is 0.524. The highest BCUT2D eigenvalue weighted by Gasteiger charge is 2.39. The fourth-order valence-corrected chi connectivity index (χ4v) is 1.96. The van der Waals surface area contributed by atoms with Crippen molar-refractivity contribution in [3.63, 3.8) is 0 Å². The van der Waals surface area contributed by atoms with E-state index in [1.165, 1.54) is 7.11 Å². The summed E-state index contributed by atoms with van der Waals surface area (Å²) in [6.07, 6.45) is 1.48. The quantitative estimate of drug-likeness (QED) is 0.717. The number of methoxy groups -OCH3 is 1. The molecule has 1 fully saturated rings. The second-order valence-electron chi connectivity index (χ2n) is 5.56. The van der Waals surface area contributed by atoms with Crippen LogP contribution in [0.5, 0.6) is 0 Å². The van der Waals surface area contributed by atoms with E-state index >= 15 is 0 Å². The number of ether oxygens (including phenoxy) is 1. The van der Waals surface area contributed by atoms with Gasteiger partial charge in [-0.05, 0) is 18.3 Å². The molecule has 0 aromatic heterocycles. The third-order valence-corrected chi connectivity index (χ3v) is 3.21. The average molecular weight is 242 g/mol. The lowest BCUT2D eigenvalue weighted by molar-refractivity contribution is -0.152. The minimum Gasteiger partial charge on any atom is -0.467 e. The van der Waals surface area contributed by atoms with Crippen molar-refractivity contribution in [3.8, 4) is 0 Å². The van der Waals surface area contributed by atoms with Gasteiger partial charge in [-0.2, -0.15) is 0 Å². The zero-order valence-corrected chi connectivity index (χ0v) is 11.0. The van der Waals surface area contributed by atoms with E-state index in [4.69, 9.17) is 10.5 Å². The van der Waals surface area contributed by atoms with Gasteiger partial charge in [-0.1, -0.05) is 20.8 Å². The van der Waals surface area contributed by atoms with Crippen molar-refractivity contribution >= 4 is 11.9 Å². The van der Waals surface area contributed by atoms with Crippen molar-refractivity contribution in [2.24, 2.45) is 11.1 Å². The Morgan fingerprint density at radius 3 is 2.47 bits per heavy atom. The monoisotopic (exact) mass is 242 g/mol. The number of hydrogen-bond acceptors (Lipinski definition) is 4. The fourth-order valence-electron chi connectivity index (χ4n) is 1.96. The Bertz CT molecular complexity index is 309. The van der Waals surface area contributed by atoms with Gasteiger partial charge in [0.05, 0.1) is 13.2 Å². The van der Waals surface area contributed by atoms with Gasteiger partial charge >= 0.3 is 5.97 Å². The lowest BCUT2D eigenvalue weighted by Gasteiger charge is -2.32. The molecular formula is C12H22N2O3. The molecule has 1 heterocycles. The van der Waals surface area contributed by atoms with Crippen molar-refractivity contribution in [2.75, 3.05) is 13.7 Å². The maximum Gasteiger partial charge on any atom is 0.328 e. The molecule has 1 aliphatic heterocycles. The Morgan fingerprint density at radius 1 is 1.41 bits per heavy atom. The summed E-state index contributed by atoms with van der Waals surface area (Å²) in [5.41, 5.74) is 5.63. The molecule has 98 valence electrons. The Kier molecular flexibility index (Phi) is 4.14. The van der Waals surface area contributed by atoms with Crippen LogP contribution in [0, 0.1) is 5.41 Å². The summed E-state index contributed by atoms with van der Waals surface area (Å²) in [5, 5.41) is 0. The molecule has 0 saturated carbocycles. The lowest BCUT2D eigenvalue weighted by Crippen LogP contribution is -2.53. The highest BCUT2D eigenvalue weighted by atomic mass is 16.5. The first-order chi connectivity index (χ1) is 7.79. The summed E-state index contributed by atoms with van der Waals surface area (Å²) in [6.45, 7) is 6.33. The topological polar surface area (TPSA) is 72.6 Å². The molecule has 1 aliphatic rings. The molecule has 2 atom stereocenters. The second-order valence-corrected chi connectivity index (χ2v) is 5.56. The summed E-state index contributed by atoms with van der Waals surface area (Å²) >= 11 is 0. The first kappa shape index (κ1) is 14.0. The van der Waals surface area contributed by atoms with E-state index in [2.05, 4.69) is 0 Å². The van der Waals surface area contributed by atoms with Gasteiger partial charge in [-0.25, -0.2) is 4.79 Å². The van der Waals surface area contributed by atoms with Crippen molar-refractivity contribution in [3.05, 3.63) is 0 Å². The average Bonchev–Trinajstić information content (AvgIpc) is 2.73. The summed E-state index contributed by atoms with van der Waals surface area (Å²) in [4.78, 5) is 25.3. The Labute approximate surface area is 102 Å². The number of rotatable bonds is 2. The number of carbonyl (C=O) groups is 2. The van der Waals surface area contributed by atoms with Crippen LogP contribution in [0.3, 0.4) is 0 Å². The van der Waals surface area contributed by atoms with Gasteiger partial charge in [0.25, 0.3) is 0 Å². The molecule has 5 nitrogen and oxygen atoms in total. The molecule has 2 N–H and O–H groups in total. The molecule has 1 amide bonds. The molecule has 1 saturated heterocycles. The van der Waals surface area contributed by atoms with Crippen LogP contribution in [0.25, 0.3) is 0 Å². The predicted molar refractivity (Wildman–Crippen MR) is 64.2 cm³/mol. The van der Waals surface area contributed by atoms with Crippen LogP contribution < -0.4 is 5.73 Å². The van der Waals surface area contributed by atoms with Gasteiger partial charge in [0.2, 0.25) is 5.91 Å². The molecule has 17 heavy (non-hydrogen) atoms. The molecule has 0 spiro atoms. The van der Waals surface area contributed by atoms with Gasteiger partial charge in [0, 0.05) is 6.54 Å². The first-order valence-electron chi connectivity index (χ1n) is 5.93. The number of nitrogens with zero attached hydrogens (tertiary/aromatic N) is 1. The number of likely N-dealkylation sites (tertiary alicyclic amines) is 1. The van der Waals surface area contributed by atoms with Crippen LogP contribution in [0.1, 0.15) is 33.6 Å². The number of esters is 1. The summed E-state index contributed by atoms with van der Waals surface area (Å²) in [6, 6.07) is -1.05. The molecule has 1 unspecified atom stereocenters. The standard InChI is InChI=1S/C12H22N2O3/c1-12(2,3)9(13)10(15)14-7-5-6-8(14)11(16)17-4/h8-9H,5-7,13H2,1-4H3/t8?,9-/m1/s1. The normalized spacial score (nSPS) is 22.4. The van der Waals surface area contributed by atoms with Crippen molar-refractivity contribution in [1.82, 2.24) is 4.90 Å². The van der Waals surface area contributed by atoms with Crippen LogP contribution in [0.2, 0.25) is 0 Å². The van der Waals surface area contributed by atoms with Gasteiger partial charge in [0.1, 0.15) is 6.04 Å². The van der Waals surface area contributed by atoms with Gasteiger partial charge < -0.3 is 15.4 Å². The van der Waals surface area contributed by atoms with Crippen LogP contribution in [-0.4, -0.2) is 42.5 Å². The van der Waals surface area contributed by atoms with Crippen molar-refractivity contribution in [1.29, 1.82) is 0 Å². The third kappa shape index (κ3) is 2.97. The first-order valence-corrected chi connectivity index (χ1v) is 5.93. The van der Waals surface area contributed by atoms with E-state index in [-0.39, 0.29) is 17.3 Å². The maximum absolute atomic E-state index is 12.2. The molecule has 0 radical (unpaired) electrons. The molecule has 0 aromatic rings.